The highest BCUT2D eigenvalue weighted by molar-refractivity contribution is 7.99. The predicted molar refractivity (Wildman–Crippen MR) is 114 cm³/mol. The van der Waals surface area contributed by atoms with E-state index >= 15 is 0 Å². The van der Waals surface area contributed by atoms with Crippen LogP contribution in [0, 0.1) is 0 Å². The SMILES string of the molecule is C=CCn1c(SCC(=O)N2CCCC[C@@H]2CC)nc2sc(CC)cc2c1=O. The fourth-order valence-corrected chi connectivity index (χ4v) is 5.49. The van der Waals surface area contributed by atoms with Crippen LogP contribution in [-0.4, -0.2) is 38.7 Å². The molecule has 2 aromatic rings. The molecule has 7 heteroatoms. The van der Waals surface area contributed by atoms with Crippen LogP contribution in [0.15, 0.2) is 28.7 Å². The highest BCUT2D eigenvalue weighted by Gasteiger charge is 2.25. The van der Waals surface area contributed by atoms with Crippen molar-refractivity contribution >= 4 is 39.2 Å². The number of aryl methyl sites for hydroxylation is 1. The van der Waals surface area contributed by atoms with Crippen molar-refractivity contribution in [2.24, 2.45) is 0 Å². The van der Waals surface area contributed by atoms with Gasteiger partial charge in [0, 0.05) is 24.0 Å². The fraction of sp³-hybridized carbons (Fsp3) is 0.550. The van der Waals surface area contributed by atoms with Crippen molar-refractivity contribution in [3.05, 3.63) is 34.0 Å². The van der Waals surface area contributed by atoms with E-state index in [4.69, 9.17) is 4.98 Å². The number of piperidine rings is 1. The van der Waals surface area contributed by atoms with Crippen molar-refractivity contribution in [2.75, 3.05) is 12.3 Å². The lowest BCUT2D eigenvalue weighted by molar-refractivity contribution is -0.132. The van der Waals surface area contributed by atoms with Crippen molar-refractivity contribution in [1.82, 2.24) is 14.5 Å². The topological polar surface area (TPSA) is 55.2 Å². The van der Waals surface area contributed by atoms with Crippen molar-refractivity contribution in [3.63, 3.8) is 0 Å². The highest BCUT2D eigenvalue weighted by atomic mass is 32.2. The third-order valence-electron chi connectivity index (χ3n) is 5.07. The van der Waals surface area contributed by atoms with E-state index in [2.05, 4.69) is 20.4 Å². The van der Waals surface area contributed by atoms with Crippen molar-refractivity contribution in [3.8, 4) is 0 Å². The number of nitrogens with zero attached hydrogens (tertiary/aromatic N) is 3. The number of carbonyl (C=O) groups excluding carboxylic acids is 1. The summed E-state index contributed by atoms with van der Waals surface area (Å²) in [6.45, 7) is 9.22. The second-order valence-electron chi connectivity index (χ2n) is 6.82. The van der Waals surface area contributed by atoms with Crippen molar-refractivity contribution < 1.29 is 4.79 Å². The summed E-state index contributed by atoms with van der Waals surface area (Å²) in [5, 5.41) is 1.27. The number of thioether (sulfide) groups is 1. The van der Waals surface area contributed by atoms with Crippen LogP contribution < -0.4 is 5.56 Å². The zero-order chi connectivity index (χ0) is 19.4. The van der Waals surface area contributed by atoms with Crippen LogP contribution >= 0.6 is 23.1 Å². The number of aromatic nitrogens is 2. The van der Waals surface area contributed by atoms with Crippen LogP contribution in [0.5, 0.6) is 0 Å². The molecule has 0 unspecified atom stereocenters. The smallest absolute Gasteiger partial charge is 0.263 e. The number of allylic oxidation sites excluding steroid dienone is 1. The third-order valence-corrected chi connectivity index (χ3v) is 7.21. The zero-order valence-corrected chi connectivity index (χ0v) is 17.7. The number of hydrogen-bond acceptors (Lipinski definition) is 5. The Balaban J connectivity index is 1.84. The van der Waals surface area contributed by atoms with Gasteiger partial charge in [-0.15, -0.1) is 17.9 Å². The molecule has 27 heavy (non-hydrogen) atoms. The molecule has 1 aliphatic heterocycles. The number of amides is 1. The molecule has 1 fully saturated rings. The lowest BCUT2D eigenvalue weighted by Crippen LogP contribution is -2.44. The molecule has 1 atom stereocenters. The van der Waals surface area contributed by atoms with Gasteiger partial charge in [-0.3, -0.25) is 14.2 Å². The van der Waals surface area contributed by atoms with Gasteiger partial charge in [-0.05, 0) is 38.2 Å². The molecular formula is C20H27N3O2S2. The van der Waals surface area contributed by atoms with Gasteiger partial charge in [0.2, 0.25) is 5.91 Å². The molecule has 0 bridgehead atoms. The Morgan fingerprint density at radius 3 is 2.96 bits per heavy atom. The number of likely N-dealkylation sites (tertiary alicyclic amines) is 1. The quantitative estimate of drug-likeness (QED) is 0.395. The summed E-state index contributed by atoms with van der Waals surface area (Å²) in [6.07, 6.45) is 6.95. The highest BCUT2D eigenvalue weighted by Crippen LogP contribution is 2.26. The third kappa shape index (κ3) is 4.29. The molecule has 0 aromatic carbocycles. The summed E-state index contributed by atoms with van der Waals surface area (Å²) in [7, 11) is 0. The predicted octanol–water partition coefficient (Wildman–Crippen LogP) is 4.09. The minimum absolute atomic E-state index is 0.0461. The van der Waals surface area contributed by atoms with E-state index in [0.29, 0.717) is 28.9 Å². The van der Waals surface area contributed by atoms with Crippen LogP contribution in [0.4, 0.5) is 0 Å². The van der Waals surface area contributed by atoms with Gasteiger partial charge in [-0.2, -0.15) is 0 Å². The Bertz CT molecular complexity index is 887. The van der Waals surface area contributed by atoms with E-state index in [-0.39, 0.29) is 11.5 Å². The summed E-state index contributed by atoms with van der Waals surface area (Å²) < 4.78 is 1.63. The number of carbonyl (C=O) groups is 1. The van der Waals surface area contributed by atoms with Crippen LogP contribution in [0.3, 0.4) is 0 Å². The fourth-order valence-electron chi connectivity index (χ4n) is 3.58. The van der Waals surface area contributed by atoms with Crippen LogP contribution in [-0.2, 0) is 17.8 Å². The van der Waals surface area contributed by atoms with E-state index in [1.54, 1.807) is 22.0 Å². The van der Waals surface area contributed by atoms with E-state index in [9.17, 15) is 9.59 Å². The Labute approximate surface area is 168 Å². The van der Waals surface area contributed by atoms with Gasteiger partial charge in [0.15, 0.2) is 5.16 Å². The molecule has 3 heterocycles. The first-order chi connectivity index (χ1) is 13.1. The average molecular weight is 406 g/mol. The summed E-state index contributed by atoms with van der Waals surface area (Å²) in [5.74, 6) is 0.462. The Morgan fingerprint density at radius 1 is 1.44 bits per heavy atom. The minimum atomic E-state index is -0.0461. The summed E-state index contributed by atoms with van der Waals surface area (Å²) in [6, 6.07) is 2.29. The lowest BCUT2D eigenvalue weighted by atomic mass is 10.0. The Kier molecular flexibility index (Phi) is 6.76. The number of thiophene rings is 1. The van der Waals surface area contributed by atoms with Gasteiger partial charge in [-0.1, -0.05) is 31.7 Å². The molecule has 3 rings (SSSR count). The second-order valence-corrected chi connectivity index (χ2v) is 8.88. The number of rotatable bonds is 7. The second kappa shape index (κ2) is 9.06. The molecule has 0 saturated carbocycles. The minimum Gasteiger partial charge on any atom is -0.339 e. The molecular weight excluding hydrogens is 378 g/mol. The molecule has 5 nitrogen and oxygen atoms in total. The molecule has 1 aliphatic rings. The van der Waals surface area contributed by atoms with Crippen LogP contribution in [0.1, 0.15) is 44.4 Å². The molecule has 0 aliphatic carbocycles. The normalized spacial score (nSPS) is 17.4. The van der Waals surface area contributed by atoms with Crippen LogP contribution in [0.25, 0.3) is 10.2 Å². The first-order valence-corrected chi connectivity index (χ1v) is 11.5. The monoisotopic (exact) mass is 405 g/mol. The van der Waals surface area contributed by atoms with Gasteiger partial charge >= 0.3 is 0 Å². The first kappa shape index (κ1) is 20.1. The molecule has 2 aromatic heterocycles. The molecule has 0 spiro atoms. The van der Waals surface area contributed by atoms with Crippen molar-refractivity contribution in [2.45, 2.75) is 63.7 Å². The zero-order valence-electron chi connectivity index (χ0n) is 16.1. The van der Waals surface area contributed by atoms with E-state index in [0.717, 1.165) is 41.9 Å². The molecule has 1 amide bonds. The Hall–Kier alpha value is -1.60. The average Bonchev–Trinajstić information content (AvgIpc) is 3.12. The van der Waals surface area contributed by atoms with Gasteiger partial charge in [0.1, 0.15) is 4.83 Å². The summed E-state index contributed by atoms with van der Waals surface area (Å²) in [4.78, 5) is 34.3. The summed E-state index contributed by atoms with van der Waals surface area (Å²) in [5.41, 5.74) is -0.0461. The van der Waals surface area contributed by atoms with Crippen LogP contribution in [0.2, 0.25) is 0 Å². The first-order valence-electron chi connectivity index (χ1n) is 9.65. The maximum Gasteiger partial charge on any atom is 0.263 e. The van der Waals surface area contributed by atoms with Crippen molar-refractivity contribution in [1.29, 1.82) is 0 Å². The molecule has 0 radical (unpaired) electrons. The van der Waals surface area contributed by atoms with E-state index in [1.165, 1.54) is 18.2 Å². The standard InChI is InChI=1S/C20H27N3O2S2/c1-4-10-23-19(25)16-12-15(6-3)27-18(16)21-20(23)26-13-17(24)22-11-8-7-9-14(22)5-2/h4,12,14H,1,5-11,13H2,2-3H3/t14-/m0/s1. The Morgan fingerprint density at radius 2 is 2.26 bits per heavy atom. The number of fused-ring (bicyclic) bond motifs is 1. The van der Waals surface area contributed by atoms with Gasteiger partial charge in [0.25, 0.3) is 5.56 Å². The van der Waals surface area contributed by atoms with Gasteiger partial charge in [-0.25, -0.2) is 4.98 Å². The molecule has 0 N–H and O–H groups in total. The van der Waals surface area contributed by atoms with E-state index < -0.39 is 0 Å². The largest absolute Gasteiger partial charge is 0.339 e. The van der Waals surface area contributed by atoms with Gasteiger partial charge in [0.05, 0.1) is 11.1 Å². The molecule has 146 valence electrons. The summed E-state index contributed by atoms with van der Waals surface area (Å²) >= 11 is 2.93. The van der Waals surface area contributed by atoms with E-state index in [1.807, 2.05) is 11.0 Å². The lowest BCUT2D eigenvalue weighted by Gasteiger charge is -2.35. The maximum absolute atomic E-state index is 12.9. The van der Waals surface area contributed by atoms with Gasteiger partial charge < -0.3 is 4.90 Å². The molecule has 1 saturated heterocycles. The maximum atomic E-state index is 12.9. The number of hydrogen-bond donors (Lipinski definition) is 0.